The zero-order valence-electron chi connectivity index (χ0n) is 15.8. The van der Waals surface area contributed by atoms with Crippen molar-refractivity contribution in [3.63, 3.8) is 0 Å². The van der Waals surface area contributed by atoms with Gasteiger partial charge >= 0.3 is 0 Å². The number of aromatic nitrogens is 1. The molecule has 0 aliphatic carbocycles. The Hall–Kier alpha value is -3.04. The van der Waals surface area contributed by atoms with Crippen molar-refractivity contribution in [2.75, 3.05) is 0 Å². The van der Waals surface area contributed by atoms with Crippen molar-refractivity contribution < 1.29 is 23.4 Å². The van der Waals surface area contributed by atoms with Gasteiger partial charge in [0.2, 0.25) is 5.91 Å². The summed E-state index contributed by atoms with van der Waals surface area (Å²) in [6.07, 6.45) is 0. The quantitative estimate of drug-likeness (QED) is 0.567. The number of rotatable bonds is 6. The first-order chi connectivity index (χ1) is 14.2. The normalized spacial score (nSPS) is 10.8. The minimum Gasteiger partial charge on any atom is -0.487 e. The zero-order chi connectivity index (χ0) is 22.0. The monoisotopic (exact) mass is 478 g/mol. The first kappa shape index (κ1) is 21.7. The van der Waals surface area contributed by atoms with Crippen LogP contribution in [0.15, 0.2) is 51.7 Å². The number of halogens is 3. The van der Waals surface area contributed by atoms with Crippen LogP contribution in [0, 0.1) is 18.6 Å². The Labute approximate surface area is 178 Å². The molecule has 1 aromatic heterocycles. The van der Waals surface area contributed by atoms with Crippen LogP contribution in [-0.4, -0.2) is 15.6 Å². The van der Waals surface area contributed by atoms with Crippen LogP contribution in [0.3, 0.4) is 0 Å². The topological polar surface area (TPSA) is 94.6 Å². The van der Waals surface area contributed by atoms with Crippen molar-refractivity contribution >= 4 is 21.8 Å². The Morgan fingerprint density at radius 2 is 1.93 bits per heavy atom. The molecule has 0 unspecified atom stereocenters. The van der Waals surface area contributed by atoms with Crippen molar-refractivity contribution in [3.05, 3.63) is 91.3 Å². The summed E-state index contributed by atoms with van der Waals surface area (Å²) in [5.41, 5.74) is 6.31. The molecule has 0 saturated heterocycles. The lowest BCUT2D eigenvalue weighted by Gasteiger charge is -2.18. The molecular formula is C21H17BrF2N2O4. The minimum atomic E-state index is -0.777. The zero-order valence-corrected chi connectivity index (χ0v) is 17.4. The van der Waals surface area contributed by atoms with Crippen LogP contribution in [0.4, 0.5) is 8.78 Å². The number of amides is 1. The third-order valence-corrected chi connectivity index (χ3v) is 5.22. The van der Waals surface area contributed by atoms with E-state index in [2.05, 4.69) is 15.9 Å². The number of primary amides is 1. The maximum Gasteiger partial charge on any atom is 0.273 e. The summed E-state index contributed by atoms with van der Waals surface area (Å²) in [7, 11) is 0. The van der Waals surface area contributed by atoms with Gasteiger partial charge in [0.1, 0.15) is 28.5 Å². The van der Waals surface area contributed by atoms with Crippen molar-refractivity contribution in [3.8, 4) is 11.4 Å². The molecular weight excluding hydrogens is 462 g/mol. The summed E-state index contributed by atoms with van der Waals surface area (Å²) in [5.74, 6) is -2.07. The maximum atomic E-state index is 13.8. The summed E-state index contributed by atoms with van der Waals surface area (Å²) in [5, 5.41) is 9.82. The number of nitrogens with zero attached hydrogens (tertiary/aromatic N) is 1. The Balaban J connectivity index is 2.05. The maximum absolute atomic E-state index is 13.8. The second-order valence-electron chi connectivity index (χ2n) is 6.50. The largest absolute Gasteiger partial charge is 0.487 e. The molecule has 3 N–H and O–H groups in total. The molecule has 30 heavy (non-hydrogen) atoms. The SMILES string of the molecule is Cc1ccc(C(N)=O)cc1-n1c(CO)cc(OCc2ccc(F)cc2F)c(Br)c1=O. The summed E-state index contributed by atoms with van der Waals surface area (Å²) >= 11 is 3.18. The predicted octanol–water partition coefficient (Wildman–Crippen LogP) is 3.36. The Morgan fingerprint density at radius 3 is 2.57 bits per heavy atom. The van der Waals surface area contributed by atoms with E-state index in [1.54, 1.807) is 13.0 Å². The van der Waals surface area contributed by atoms with Gasteiger partial charge in [0, 0.05) is 23.3 Å². The van der Waals surface area contributed by atoms with Gasteiger partial charge in [-0.2, -0.15) is 0 Å². The number of carbonyl (C=O) groups excluding carboxylic acids is 1. The average Bonchev–Trinajstić information content (AvgIpc) is 2.70. The van der Waals surface area contributed by atoms with E-state index in [1.807, 2.05) is 0 Å². The van der Waals surface area contributed by atoms with Crippen LogP contribution in [0.1, 0.15) is 27.2 Å². The van der Waals surface area contributed by atoms with Crippen LogP contribution in [0.2, 0.25) is 0 Å². The molecule has 0 aliphatic heterocycles. The molecule has 0 atom stereocenters. The van der Waals surface area contributed by atoms with Gasteiger partial charge in [-0.15, -0.1) is 0 Å². The van der Waals surface area contributed by atoms with E-state index in [0.717, 1.165) is 12.1 Å². The first-order valence-corrected chi connectivity index (χ1v) is 9.55. The number of carbonyl (C=O) groups is 1. The third kappa shape index (κ3) is 4.27. The number of aliphatic hydroxyl groups excluding tert-OH is 1. The molecule has 9 heteroatoms. The number of aliphatic hydroxyl groups is 1. The van der Waals surface area contributed by atoms with E-state index in [-0.39, 0.29) is 33.6 Å². The smallest absolute Gasteiger partial charge is 0.273 e. The van der Waals surface area contributed by atoms with E-state index in [1.165, 1.54) is 28.8 Å². The Kier molecular flexibility index (Phi) is 6.33. The van der Waals surface area contributed by atoms with Gasteiger partial charge in [-0.05, 0) is 52.7 Å². The van der Waals surface area contributed by atoms with Gasteiger partial charge in [-0.25, -0.2) is 8.78 Å². The standard InChI is InChI=1S/C21H17BrF2N2O4/c1-11-2-3-12(20(25)28)6-17(11)26-15(9-27)8-18(19(22)21(26)29)30-10-13-4-5-14(23)7-16(13)24/h2-8,27H,9-10H2,1H3,(H2,25,28). The fourth-order valence-electron chi connectivity index (χ4n) is 2.90. The molecule has 6 nitrogen and oxygen atoms in total. The molecule has 0 aliphatic rings. The number of hydrogen-bond acceptors (Lipinski definition) is 4. The van der Waals surface area contributed by atoms with Crippen LogP contribution < -0.4 is 16.0 Å². The lowest BCUT2D eigenvalue weighted by molar-refractivity contribution is 0.1000. The van der Waals surface area contributed by atoms with E-state index in [0.29, 0.717) is 11.3 Å². The van der Waals surface area contributed by atoms with Crippen molar-refractivity contribution in [1.82, 2.24) is 4.57 Å². The van der Waals surface area contributed by atoms with Crippen LogP contribution in [-0.2, 0) is 13.2 Å². The van der Waals surface area contributed by atoms with Crippen LogP contribution in [0.25, 0.3) is 5.69 Å². The molecule has 0 saturated carbocycles. The predicted molar refractivity (Wildman–Crippen MR) is 110 cm³/mol. The summed E-state index contributed by atoms with van der Waals surface area (Å²) in [6, 6.07) is 9.13. The highest BCUT2D eigenvalue weighted by molar-refractivity contribution is 9.10. The van der Waals surface area contributed by atoms with E-state index in [4.69, 9.17) is 10.5 Å². The van der Waals surface area contributed by atoms with E-state index >= 15 is 0 Å². The van der Waals surface area contributed by atoms with Gasteiger partial charge in [-0.1, -0.05) is 6.07 Å². The molecule has 1 heterocycles. The second-order valence-corrected chi connectivity index (χ2v) is 7.30. The van der Waals surface area contributed by atoms with Gasteiger partial charge in [0.05, 0.1) is 18.0 Å². The number of ether oxygens (including phenoxy) is 1. The van der Waals surface area contributed by atoms with Gasteiger partial charge in [0.25, 0.3) is 5.56 Å². The molecule has 0 bridgehead atoms. The third-order valence-electron chi connectivity index (χ3n) is 4.49. The van der Waals surface area contributed by atoms with Crippen molar-refractivity contribution in [2.24, 2.45) is 5.73 Å². The molecule has 3 rings (SSSR count). The average molecular weight is 479 g/mol. The fraction of sp³-hybridized carbons (Fsp3) is 0.143. The molecule has 156 valence electrons. The summed E-state index contributed by atoms with van der Waals surface area (Å²) in [6.45, 7) is 0.975. The number of pyridine rings is 1. The van der Waals surface area contributed by atoms with Crippen LogP contribution in [0.5, 0.6) is 5.75 Å². The van der Waals surface area contributed by atoms with Crippen LogP contribution >= 0.6 is 15.9 Å². The highest BCUT2D eigenvalue weighted by Gasteiger charge is 2.18. The number of nitrogens with two attached hydrogens (primary N) is 1. The Bertz CT molecular complexity index is 1190. The highest BCUT2D eigenvalue weighted by Crippen LogP contribution is 2.27. The Morgan fingerprint density at radius 1 is 1.20 bits per heavy atom. The van der Waals surface area contributed by atoms with Gasteiger partial charge in [-0.3, -0.25) is 14.2 Å². The molecule has 1 amide bonds. The molecule has 3 aromatic rings. The molecule has 2 aromatic carbocycles. The summed E-state index contributed by atoms with van der Waals surface area (Å²) in [4.78, 5) is 24.5. The molecule has 0 spiro atoms. The number of hydrogen-bond donors (Lipinski definition) is 2. The van der Waals surface area contributed by atoms with Gasteiger partial charge < -0.3 is 15.6 Å². The molecule has 0 radical (unpaired) electrons. The second kappa shape index (κ2) is 8.76. The lowest BCUT2D eigenvalue weighted by atomic mass is 10.1. The van der Waals surface area contributed by atoms with E-state index < -0.39 is 29.7 Å². The van der Waals surface area contributed by atoms with Crippen molar-refractivity contribution in [2.45, 2.75) is 20.1 Å². The number of benzene rings is 2. The minimum absolute atomic E-state index is 0.0334. The number of aryl methyl sites for hydroxylation is 1. The van der Waals surface area contributed by atoms with Crippen molar-refractivity contribution in [1.29, 1.82) is 0 Å². The van der Waals surface area contributed by atoms with Gasteiger partial charge in [0.15, 0.2) is 0 Å². The highest BCUT2D eigenvalue weighted by atomic mass is 79.9. The fourth-order valence-corrected chi connectivity index (χ4v) is 3.30. The summed E-state index contributed by atoms with van der Waals surface area (Å²) < 4.78 is 33.7. The first-order valence-electron chi connectivity index (χ1n) is 8.75. The lowest BCUT2D eigenvalue weighted by Crippen LogP contribution is -2.25. The van der Waals surface area contributed by atoms with E-state index in [9.17, 15) is 23.5 Å². The molecule has 0 fully saturated rings.